The lowest BCUT2D eigenvalue weighted by molar-refractivity contribution is -0.140. The van der Waals surface area contributed by atoms with Crippen LogP contribution < -0.4 is 0 Å². The summed E-state index contributed by atoms with van der Waals surface area (Å²) in [4.78, 5) is 22.0. The van der Waals surface area contributed by atoms with Crippen LogP contribution in [0.15, 0.2) is 41.5 Å². The molecule has 1 aromatic carbocycles. The molecule has 0 spiro atoms. The SMILES string of the molecule is CCC(CC(C)c1ccccc1)=C(C(=O)O)C(=O)O. The Morgan fingerprint density at radius 3 is 2.05 bits per heavy atom. The predicted octanol–water partition coefficient (Wildman–Crippen LogP) is 3.06. The van der Waals surface area contributed by atoms with Gasteiger partial charge in [-0.3, -0.25) is 0 Å². The van der Waals surface area contributed by atoms with E-state index in [-0.39, 0.29) is 5.92 Å². The number of allylic oxidation sites excluding steroid dienone is 1. The van der Waals surface area contributed by atoms with E-state index in [9.17, 15) is 9.59 Å². The molecule has 102 valence electrons. The van der Waals surface area contributed by atoms with E-state index < -0.39 is 17.5 Å². The summed E-state index contributed by atoms with van der Waals surface area (Å²) in [6, 6.07) is 9.65. The lowest BCUT2D eigenvalue weighted by Crippen LogP contribution is -2.15. The van der Waals surface area contributed by atoms with Crippen LogP contribution >= 0.6 is 0 Å². The van der Waals surface area contributed by atoms with Gasteiger partial charge in [-0.1, -0.05) is 44.2 Å². The van der Waals surface area contributed by atoms with E-state index in [0.29, 0.717) is 18.4 Å². The minimum atomic E-state index is -1.37. The maximum absolute atomic E-state index is 11.0. The molecule has 0 aromatic heterocycles. The molecule has 1 atom stereocenters. The molecule has 0 saturated carbocycles. The largest absolute Gasteiger partial charge is 0.477 e. The Morgan fingerprint density at radius 1 is 1.11 bits per heavy atom. The first-order valence-corrected chi connectivity index (χ1v) is 6.20. The maximum atomic E-state index is 11.0. The highest BCUT2D eigenvalue weighted by Gasteiger charge is 2.22. The molecular formula is C15H18O4. The van der Waals surface area contributed by atoms with Crippen LogP contribution in [-0.2, 0) is 9.59 Å². The molecule has 0 saturated heterocycles. The van der Waals surface area contributed by atoms with Gasteiger partial charge in [-0.25, -0.2) is 9.59 Å². The predicted molar refractivity (Wildman–Crippen MR) is 72.1 cm³/mol. The second-order valence-electron chi connectivity index (χ2n) is 4.46. The second-order valence-corrected chi connectivity index (χ2v) is 4.46. The normalized spacial score (nSPS) is 11.7. The summed E-state index contributed by atoms with van der Waals surface area (Å²) in [5.41, 5.74) is 1.05. The fourth-order valence-electron chi connectivity index (χ4n) is 2.09. The third-order valence-corrected chi connectivity index (χ3v) is 3.13. The molecule has 2 N–H and O–H groups in total. The van der Waals surface area contributed by atoms with Gasteiger partial charge in [0.2, 0.25) is 0 Å². The van der Waals surface area contributed by atoms with Crippen LogP contribution in [-0.4, -0.2) is 22.2 Å². The van der Waals surface area contributed by atoms with Crippen molar-refractivity contribution in [3.05, 3.63) is 47.0 Å². The lowest BCUT2D eigenvalue weighted by atomic mass is 9.90. The second kappa shape index (κ2) is 6.73. The number of carboxylic acids is 2. The van der Waals surface area contributed by atoms with Crippen LogP contribution in [0, 0.1) is 0 Å². The Hall–Kier alpha value is -2.10. The van der Waals surface area contributed by atoms with E-state index in [4.69, 9.17) is 10.2 Å². The zero-order valence-electron chi connectivity index (χ0n) is 11.1. The molecule has 4 nitrogen and oxygen atoms in total. The molecule has 4 heteroatoms. The number of aliphatic carboxylic acids is 2. The average molecular weight is 262 g/mol. The van der Waals surface area contributed by atoms with E-state index >= 15 is 0 Å². The molecule has 0 aliphatic heterocycles. The Bertz CT molecular complexity index is 472. The van der Waals surface area contributed by atoms with Crippen molar-refractivity contribution in [2.45, 2.75) is 32.6 Å². The van der Waals surface area contributed by atoms with E-state index in [2.05, 4.69) is 0 Å². The van der Waals surface area contributed by atoms with Gasteiger partial charge in [0, 0.05) is 0 Å². The van der Waals surface area contributed by atoms with Crippen LogP contribution in [0.25, 0.3) is 0 Å². The van der Waals surface area contributed by atoms with Gasteiger partial charge in [0.05, 0.1) is 0 Å². The van der Waals surface area contributed by atoms with Gasteiger partial charge in [0.25, 0.3) is 0 Å². The standard InChI is InChI=1S/C15H18O4/c1-3-11(13(14(16)17)15(18)19)9-10(2)12-7-5-4-6-8-12/h4-8,10H,3,9H2,1-2H3,(H,16,17)(H,18,19). The molecule has 0 radical (unpaired) electrons. The summed E-state index contributed by atoms with van der Waals surface area (Å²) in [5, 5.41) is 18.0. The highest BCUT2D eigenvalue weighted by Crippen LogP contribution is 2.26. The number of hydrogen-bond donors (Lipinski definition) is 2. The van der Waals surface area contributed by atoms with Crippen LogP contribution in [0.1, 0.15) is 38.2 Å². The fraction of sp³-hybridized carbons (Fsp3) is 0.333. The molecule has 0 heterocycles. The number of carbonyl (C=O) groups is 2. The fourth-order valence-corrected chi connectivity index (χ4v) is 2.09. The van der Waals surface area contributed by atoms with E-state index in [0.717, 1.165) is 5.56 Å². The zero-order valence-corrected chi connectivity index (χ0v) is 11.1. The first kappa shape index (κ1) is 15.0. The maximum Gasteiger partial charge on any atom is 0.343 e. The Kier molecular flexibility index (Phi) is 5.30. The van der Waals surface area contributed by atoms with Crippen molar-refractivity contribution >= 4 is 11.9 Å². The van der Waals surface area contributed by atoms with Crippen LogP contribution in [0.5, 0.6) is 0 Å². The first-order chi connectivity index (χ1) is 8.97. The van der Waals surface area contributed by atoms with Crippen molar-refractivity contribution in [3.8, 4) is 0 Å². The van der Waals surface area contributed by atoms with E-state index in [1.54, 1.807) is 6.92 Å². The molecular weight excluding hydrogens is 244 g/mol. The third kappa shape index (κ3) is 3.95. The smallest absolute Gasteiger partial charge is 0.343 e. The molecule has 0 fully saturated rings. The lowest BCUT2D eigenvalue weighted by Gasteiger charge is -2.15. The summed E-state index contributed by atoms with van der Waals surface area (Å²) in [6.07, 6.45) is 0.861. The van der Waals surface area contributed by atoms with Gasteiger partial charge >= 0.3 is 11.9 Å². The summed E-state index contributed by atoms with van der Waals surface area (Å²) >= 11 is 0. The third-order valence-electron chi connectivity index (χ3n) is 3.13. The van der Waals surface area contributed by atoms with Gasteiger partial charge in [-0.05, 0) is 29.9 Å². The molecule has 1 rings (SSSR count). The molecule has 0 aliphatic carbocycles. The first-order valence-electron chi connectivity index (χ1n) is 6.20. The average Bonchev–Trinajstić information content (AvgIpc) is 2.37. The van der Waals surface area contributed by atoms with Crippen LogP contribution in [0.3, 0.4) is 0 Å². The number of carboxylic acid groups (broad SMARTS) is 2. The van der Waals surface area contributed by atoms with Crippen molar-refractivity contribution in [1.29, 1.82) is 0 Å². The van der Waals surface area contributed by atoms with Crippen molar-refractivity contribution in [2.75, 3.05) is 0 Å². The summed E-state index contributed by atoms with van der Waals surface area (Å²) in [7, 11) is 0. The zero-order chi connectivity index (χ0) is 14.4. The number of hydrogen-bond acceptors (Lipinski definition) is 2. The van der Waals surface area contributed by atoms with Crippen molar-refractivity contribution < 1.29 is 19.8 Å². The molecule has 1 unspecified atom stereocenters. The van der Waals surface area contributed by atoms with Crippen molar-refractivity contribution in [1.82, 2.24) is 0 Å². The quantitative estimate of drug-likeness (QED) is 0.469. The van der Waals surface area contributed by atoms with E-state index in [1.165, 1.54) is 0 Å². The molecule has 1 aromatic rings. The Balaban J connectivity index is 3.02. The molecule has 0 amide bonds. The monoisotopic (exact) mass is 262 g/mol. The Labute approximate surface area is 112 Å². The highest BCUT2D eigenvalue weighted by molar-refractivity contribution is 6.13. The minimum absolute atomic E-state index is 0.0878. The van der Waals surface area contributed by atoms with Gasteiger partial charge in [0.15, 0.2) is 0 Å². The van der Waals surface area contributed by atoms with Crippen molar-refractivity contribution in [2.24, 2.45) is 0 Å². The number of benzene rings is 1. The summed E-state index contributed by atoms with van der Waals surface area (Å²) in [6.45, 7) is 3.74. The number of rotatable bonds is 6. The van der Waals surface area contributed by atoms with Gasteiger partial charge in [-0.15, -0.1) is 0 Å². The highest BCUT2D eigenvalue weighted by atomic mass is 16.4. The van der Waals surface area contributed by atoms with E-state index in [1.807, 2.05) is 37.3 Å². The van der Waals surface area contributed by atoms with Crippen molar-refractivity contribution in [3.63, 3.8) is 0 Å². The minimum Gasteiger partial charge on any atom is -0.477 e. The van der Waals surface area contributed by atoms with Gasteiger partial charge in [0.1, 0.15) is 5.57 Å². The van der Waals surface area contributed by atoms with Gasteiger partial charge in [-0.2, -0.15) is 0 Å². The van der Waals surface area contributed by atoms with Crippen LogP contribution in [0.2, 0.25) is 0 Å². The van der Waals surface area contributed by atoms with Gasteiger partial charge < -0.3 is 10.2 Å². The Morgan fingerprint density at radius 2 is 1.63 bits per heavy atom. The topological polar surface area (TPSA) is 74.6 Å². The summed E-state index contributed by atoms with van der Waals surface area (Å²) in [5.74, 6) is -2.65. The van der Waals surface area contributed by atoms with Crippen LogP contribution in [0.4, 0.5) is 0 Å². The summed E-state index contributed by atoms with van der Waals surface area (Å²) < 4.78 is 0. The molecule has 0 bridgehead atoms. The molecule has 19 heavy (non-hydrogen) atoms. The molecule has 0 aliphatic rings.